The average molecular weight is 1360 g/mol. The number of ether oxygens (including phenoxy) is 3. The Morgan fingerprint density at radius 3 is 1.16 bits per heavy atom. The summed E-state index contributed by atoms with van der Waals surface area (Å²) in [7, 11) is -2.56. The summed E-state index contributed by atoms with van der Waals surface area (Å²) >= 11 is 0. The number of carboxylic acid groups (broad SMARTS) is 1. The van der Waals surface area contributed by atoms with Gasteiger partial charge in [0.25, 0.3) is 0 Å². The van der Waals surface area contributed by atoms with Crippen LogP contribution in [0.1, 0.15) is 30.6 Å². The number of hydrogen-bond donors (Lipinski definition) is 2. The second-order valence-electron chi connectivity index (χ2n) is 20.1. The van der Waals surface area contributed by atoms with E-state index >= 15 is 0 Å². The van der Waals surface area contributed by atoms with Gasteiger partial charge in [-0.25, -0.2) is 36.4 Å². The number of sulfone groups is 2. The quantitative estimate of drug-likeness (QED) is 0.0673. The molecule has 0 unspecified atom stereocenters. The number of aliphatic hydroxyl groups excluding tert-OH is 1. The van der Waals surface area contributed by atoms with Gasteiger partial charge in [0, 0.05) is 80.9 Å². The van der Waals surface area contributed by atoms with Crippen molar-refractivity contribution < 1.29 is 104 Å². The van der Waals surface area contributed by atoms with Crippen molar-refractivity contribution in [3.63, 3.8) is 0 Å². The summed E-state index contributed by atoms with van der Waals surface area (Å²) in [4.78, 5) is 32.0. The first kappa shape index (κ1) is 71.3. The molecule has 496 valence electrons. The van der Waals surface area contributed by atoms with Crippen molar-refractivity contribution in [1.82, 2.24) is 29.5 Å². The number of carbonyl (C=O) groups excluding carboxylic acids is 1. The van der Waals surface area contributed by atoms with E-state index in [1.54, 1.807) is 67.6 Å². The van der Waals surface area contributed by atoms with Gasteiger partial charge in [0.1, 0.15) is 34.3 Å². The number of halogens is 10. The fourth-order valence-corrected chi connectivity index (χ4v) is 10.7. The van der Waals surface area contributed by atoms with Crippen LogP contribution in [0.4, 0.5) is 43.9 Å². The van der Waals surface area contributed by atoms with Crippen molar-refractivity contribution >= 4 is 31.6 Å². The number of carbonyl (C=O) groups is 2. The van der Waals surface area contributed by atoms with E-state index in [2.05, 4.69) is 34.4 Å². The number of alkyl halides is 10. The van der Waals surface area contributed by atoms with Crippen molar-refractivity contribution in [2.24, 2.45) is 14.1 Å². The largest absolute Gasteiger partial charge is 0.573 e. The van der Waals surface area contributed by atoms with Gasteiger partial charge in [0.15, 0.2) is 43.0 Å². The number of aliphatic carboxylic acids is 1. The molecular formula is C63H54F10N6O13S2. The first-order valence-electron chi connectivity index (χ1n) is 26.6. The zero-order valence-electron chi connectivity index (χ0n) is 49.5. The van der Waals surface area contributed by atoms with Gasteiger partial charge in [0.2, 0.25) is 0 Å². The number of carboxylic acids is 1. The SMILES string of the molecule is C.CO.COC(=O)C(F)(F)c1cc(-c2ccc(-c3cccc(S(C)(=O)=O)c3)cc2-c2oc(C)nc2-c2ccc(OC(F)(F)F)cc2)n(C)n1.Cc1nc(-c2ccc(OC(F)(F)F)cc2)c(-c2cc(-c3cccc(S(C)(=O)=O)c3)ccc2-c2cc(C(F)(F)C(=O)O)nn2C)o1. The molecule has 19 nitrogen and oxygen atoms in total. The van der Waals surface area contributed by atoms with Crippen LogP contribution >= 0.6 is 0 Å². The molecular weight excluding hydrogens is 1300 g/mol. The molecule has 10 aromatic rings. The predicted octanol–water partition coefficient (Wildman–Crippen LogP) is 14.1. The number of rotatable bonds is 16. The van der Waals surface area contributed by atoms with Crippen molar-refractivity contribution in [3.05, 3.63) is 169 Å². The summed E-state index contributed by atoms with van der Waals surface area (Å²) in [5, 5.41) is 23.6. The topological polar surface area (TPSA) is 258 Å². The number of hydrogen-bond acceptors (Lipinski definition) is 16. The Morgan fingerprint density at radius 2 is 0.830 bits per heavy atom. The molecule has 0 aliphatic carbocycles. The molecule has 6 aromatic carbocycles. The molecule has 0 saturated heterocycles. The van der Waals surface area contributed by atoms with E-state index in [0.29, 0.717) is 44.5 Å². The fourth-order valence-electron chi connectivity index (χ4n) is 9.41. The van der Waals surface area contributed by atoms with Crippen LogP contribution in [-0.4, -0.2) is 108 Å². The van der Waals surface area contributed by atoms with E-state index < -0.39 is 79.1 Å². The Morgan fingerprint density at radius 1 is 0.489 bits per heavy atom. The zero-order valence-corrected chi connectivity index (χ0v) is 51.2. The number of oxazole rings is 2. The van der Waals surface area contributed by atoms with Gasteiger partial charge >= 0.3 is 36.5 Å². The fraction of sp³-hybridized carbons (Fsp3) is 0.206. The number of aliphatic hydroxyl groups is 1. The second kappa shape index (κ2) is 27.2. The molecule has 0 radical (unpaired) electrons. The highest BCUT2D eigenvalue weighted by Gasteiger charge is 2.46. The average Bonchev–Trinajstić information content (AvgIpc) is 1.55. The summed E-state index contributed by atoms with van der Waals surface area (Å²) in [6.45, 7) is 3.08. The molecule has 4 heterocycles. The first-order valence-corrected chi connectivity index (χ1v) is 30.4. The van der Waals surface area contributed by atoms with E-state index in [9.17, 15) is 70.3 Å². The third-order valence-electron chi connectivity index (χ3n) is 13.6. The van der Waals surface area contributed by atoms with Gasteiger partial charge in [-0.15, -0.1) is 26.3 Å². The number of aryl methyl sites for hydroxylation is 4. The lowest BCUT2D eigenvalue weighted by Gasteiger charge is -2.13. The van der Waals surface area contributed by atoms with Crippen molar-refractivity contribution in [3.8, 4) is 101 Å². The number of benzene rings is 6. The molecule has 0 amide bonds. The van der Waals surface area contributed by atoms with Crippen molar-refractivity contribution in [1.29, 1.82) is 0 Å². The van der Waals surface area contributed by atoms with E-state index in [1.165, 1.54) is 69.6 Å². The van der Waals surface area contributed by atoms with Crippen molar-refractivity contribution in [2.75, 3.05) is 26.7 Å². The maximum atomic E-state index is 14.8. The molecule has 0 aliphatic heterocycles. The van der Waals surface area contributed by atoms with Crippen LogP contribution in [0, 0.1) is 13.8 Å². The van der Waals surface area contributed by atoms with Crippen LogP contribution in [-0.2, 0) is 59.9 Å². The Labute approximate surface area is 529 Å². The van der Waals surface area contributed by atoms with E-state index in [1.807, 2.05) is 0 Å². The molecule has 2 N–H and O–H groups in total. The van der Waals surface area contributed by atoms with Gasteiger partial charge in [0.05, 0.1) is 28.3 Å². The highest BCUT2D eigenvalue weighted by Crippen LogP contribution is 2.45. The Balaban J connectivity index is 0.000000257. The van der Waals surface area contributed by atoms with Gasteiger partial charge < -0.3 is 33.3 Å². The minimum absolute atomic E-state index is 0. The van der Waals surface area contributed by atoms with Crippen LogP contribution in [0.3, 0.4) is 0 Å². The van der Waals surface area contributed by atoms with Crippen LogP contribution in [0.5, 0.6) is 11.5 Å². The lowest BCUT2D eigenvalue weighted by Crippen LogP contribution is -2.27. The van der Waals surface area contributed by atoms with E-state index in [-0.39, 0.29) is 74.4 Å². The minimum Gasteiger partial charge on any atom is -0.476 e. The second-order valence-corrected chi connectivity index (χ2v) is 24.1. The van der Waals surface area contributed by atoms with Gasteiger partial charge in [-0.3, -0.25) is 9.36 Å². The number of methoxy groups -OCH3 is 1. The summed E-state index contributed by atoms with van der Waals surface area (Å²) in [5.41, 5.74) is 2.52. The standard InChI is InChI=1S/C31H24F5N3O6S.C30H22F5N3O6S.CH4O.CH4/c1-17-37-27(18-8-11-21(12-9-18)45-31(34,35)36)28(44-17)24-15-20(19-6-5-7-22(14-19)46(4,41)42)10-13-23(24)25-16-26(38-39(25)2)30(32,33)29(40)43-3;1-16-36-26(17-7-10-20(11-8-17)44-30(33,34)35)27(43-16)23-14-19(18-5-4-6-21(13-18)45(3,41)42)9-12-22(23)24-15-25(37-38(24)2)29(31,32)28(39)40;1-2;/h5-16H,1-4H3;4-15H,1-3H3,(H,39,40);2H,1H3;1H4. The maximum Gasteiger partial charge on any atom is 0.573 e. The molecule has 0 saturated carbocycles. The Hall–Kier alpha value is -10.1. The lowest BCUT2D eigenvalue weighted by atomic mass is 9.94. The monoisotopic (exact) mass is 1360 g/mol. The molecule has 0 fully saturated rings. The molecule has 0 aliphatic rings. The number of aromatic nitrogens is 6. The van der Waals surface area contributed by atoms with Gasteiger partial charge in [-0.1, -0.05) is 56.0 Å². The molecule has 4 aromatic heterocycles. The van der Waals surface area contributed by atoms with Crippen LogP contribution in [0.15, 0.2) is 164 Å². The molecule has 0 atom stereocenters. The van der Waals surface area contributed by atoms with Crippen LogP contribution in [0.25, 0.3) is 89.9 Å². The maximum absolute atomic E-state index is 14.8. The molecule has 94 heavy (non-hydrogen) atoms. The number of nitrogens with zero attached hydrogens (tertiary/aromatic N) is 6. The zero-order chi connectivity index (χ0) is 68.5. The van der Waals surface area contributed by atoms with Crippen LogP contribution in [0.2, 0.25) is 0 Å². The Bertz CT molecular complexity index is 4680. The predicted molar refractivity (Wildman–Crippen MR) is 321 cm³/mol. The highest BCUT2D eigenvalue weighted by molar-refractivity contribution is 7.91. The van der Waals surface area contributed by atoms with Gasteiger partial charge in [-0.2, -0.15) is 27.8 Å². The normalized spacial score (nSPS) is 12.0. The third kappa shape index (κ3) is 15.8. The molecule has 31 heteroatoms. The molecule has 0 bridgehead atoms. The molecule has 0 spiro atoms. The van der Waals surface area contributed by atoms with Gasteiger partial charge in [-0.05, 0) is 119 Å². The smallest absolute Gasteiger partial charge is 0.476 e. The minimum atomic E-state index is -4.90. The summed E-state index contributed by atoms with van der Waals surface area (Å²) in [5.74, 6) is -12.9. The van der Waals surface area contributed by atoms with Crippen molar-refractivity contribution in [2.45, 2.75) is 55.6 Å². The summed E-state index contributed by atoms with van der Waals surface area (Å²) < 4.78 is 210. The van der Waals surface area contributed by atoms with Crippen LogP contribution < -0.4 is 9.47 Å². The number of esters is 1. The Kier molecular flexibility index (Phi) is 20.6. The lowest BCUT2D eigenvalue weighted by molar-refractivity contribution is -0.275. The molecule has 10 rings (SSSR count). The summed E-state index contributed by atoms with van der Waals surface area (Å²) in [6.07, 6.45) is -7.67. The van der Waals surface area contributed by atoms with E-state index in [0.717, 1.165) is 72.5 Å². The highest BCUT2D eigenvalue weighted by atomic mass is 32.2. The van der Waals surface area contributed by atoms with E-state index in [4.69, 9.17) is 19.0 Å². The summed E-state index contributed by atoms with van der Waals surface area (Å²) in [6, 6.07) is 33.5. The third-order valence-corrected chi connectivity index (χ3v) is 15.8. The first-order chi connectivity index (χ1) is 43.4.